The van der Waals surface area contributed by atoms with Crippen molar-refractivity contribution in [2.24, 2.45) is 5.73 Å². The number of rotatable bonds is 6. The predicted octanol–water partition coefficient (Wildman–Crippen LogP) is -0.983. The summed E-state index contributed by atoms with van der Waals surface area (Å²) >= 11 is 0. The molecule has 0 aliphatic carbocycles. The van der Waals surface area contributed by atoms with Crippen molar-refractivity contribution in [2.75, 3.05) is 27.2 Å². The van der Waals surface area contributed by atoms with Crippen LogP contribution in [0.2, 0.25) is 0 Å². The molecule has 0 fully saturated rings. The lowest BCUT2D eigenvalue weighted by molar-refractivity contribution is 0.412. The number of nitrogens with two attached hydrogens (primary N) is 1. The number of likely N-dealkylation sites (N-methyl/N-ethyl adjacent to an activating group) is 1. The van der Waals surface area contributed by atoms with E-state index in [0.717, 1.165) is 0 Å². The van der Waals surface area contributed by atoms with E-state index in [2.05, 4.69) is 14.9 Å². The van der Waals surface area contributed by atoms with E-state index in [9.17, 15) is 8.42 Å². The molecule has 0 saturated carbocycles. The highest BCUT2D eigenvalue weighted by Gasteiger charge is 2.22. The monoisotopic (exact) mass is 261 g/mol. The highest BCUT2D eigenvalue weighted by atomic mass is 32.2. The number of aromatic amines is 1. The molecule has 17 heavy (non-hydrogen) atoms. The Balaban J connectivity index is 2.82. The Morgan fingerprint density at radius 3 is 2.65 bits per heavy atom. The highest BCUT2D eigenvalue weighted by Crippen LogP contribution is 2.14. The summed E-state index contributed by atoms with van der Waals surface area (Å²) in [6.07, 6.45) is 0. The quantitative estimate of drug-likeness (QED) is 0.610. The smallest absolute Gasteiger partial charge is 0.260 e. The fourth-order valence-corrected chi connectivity index (χ4v) is 2.59. The van der Waals surface area contributed by atoms with E-state index in [0.29, 0.717) is 24.3 Å². The maximum absolute atomic E-state index is 11.9. The fraction of sp³-hybridized carbons (Fsp3) is 0.667. The van der Waals surface area contributed by atoms with Crippen LogP contribution in [0.5, 0.6) is 0 Å². The second-order valence-corrected chi connectivity index (χ2v) is 5.72. The topological polar surface area (TPSA) is 104 Å². The van der Waals surface area contributed by atoms with Crippen LogP contribution in [-0.2, 0) is 16.6 Å². The van der Waals surface area contributed by atoms with Gasteiger partial charge in [-0.15, -0.1) is 0 Å². The van der Waals surface area contributed by atoms with Gasteiger partial charge in [0, 0.05) is 30.9 Å². The van der Waals surface area contributed by atoms with Gasteiger partial charge in [-0.2, -0.15) is 5.10 Å². The van der Waals surface area contributed by atoms with Crippen LogP contribution in [0.25, 0.3) is 0 Å². The number of sulfonamides is 1. The lowest BCUT2D eigenvalue weighted by Gasteiger charge is -2.10. The van der Waals surface area contributed by atoms with Crippen molar-refractivity contribution in [3.63, 3.8) is 0 Å². The van der Waals surface area contributed by atoms with Crippen molar-refractivity contribution >= 4 is 10.0 Å². The minimum absolute atomic E-state index is 0.00347. The minimum atomic E-state index is -3.58. The van der Waals surface area contributed by atoms with Crippen LogP contribution in [-0.4, -0.2) is 50.7 Å². The summed E-state index contributed by atoms with van der Waals surface area (Å²) in [5.41, 5.74) is 6.72. The molecule has 1 heterocycles. The van der Waals surface area contributed by atoms with Gasteiger partial charge in [0.05, 0.1) is 0 Å². The summed E-state index contributed by atoms with van der Waals surface area (Å²) in [6, 6.07) is 0. The Labute approximate surface area is 101 Å². The maximum Gasteiger partial charge on any atom is 0.260 e. The highest BCUT2D eigenvalue weighted by molar-refractivity contribution is 7.89. The van der Waals surface area contributed by atoms with Crippen molar-refractivity contribution < 1.29 is 8.42 Å². The Morgan fingerprint density at radius 2 is 2.12 bits per heavy atom. The summed E-state index contributed by atoms with van der Waals surface area (Å²) in [5, 5.41) is 6.42. The molecule has 0 radical (unpaired) electrons. The van der Waals surface area contributed by atoms with E-state index in [1.54, 1.807) is 6.92 Å². The molecule has 1 aromatic rings. The number of aryl methyl sites for hydroxylation is 1. The Kier molecular flexibility index (Phi) is 4.63. The van der Waals surface area contributed by atoms with E-state index in [1.807, 2.05) is 19.0 Å². The third kappa shape index (κ3) is 3.50. The number of nitrogens with zero attached hydrogens (tertiary/aromatic N) is 2. The Morgan fingerprint density at radius 1 is 1.47 bits per heavy atom. The molecular formula is C9H19N5O2S. The van der Waals surface area contributed by atoms with E-state index < -0.39 is 10.0 Å². The summed E-state index contributed by atoms with van der Waals surface area (Å²) in [6.45, 7) is 2.85. The van der Waals surface area contributed by atoms with Gasteiger partial charge >= 0.3 is 0 Å². The molecule has 0 unspecified atom stereocenters. The summed E-state index contributed by atoms with van der Waals surface area (Å²) in [4.78, 5) is 1.89. The summed E-state index contributed by atoms with van der Waals surface area (Å²) in [5.74, 6) is 0. The van der Waals surface area contributed by atoms with Crippen LogP contribution in [0.1, 0.15) is 11.3 Å². The molecule has 0 bridgehead atoms. The molecule has 0 aliphatic rings. The minimum Gasteiger partial charge on any atom is -0.326 e. The maximum atomic E-state index is 11.9. The number of nitrogens with one attached hydrogen (secondary N) is 2. The van der Waals surface area contributed by atoms with Crippen LogP contribution < -0.4 is 10.5 Å². The second-order valence-electron chi connectivity index (χ2n) is 4.04. The van der Waals surface area contributed by atoms with Gasteiger partial charge in [0.2, 0.25) is 0 Å². The SMILES string of the molecule is Cc1[nH]nc(S(=O)(=O)NCCN(C)C)c1CN. The molecule has 98 valence electrons. The molecule has 0 aliphatic heterocycles. The third-order valence-electron chi connectivity index (χ3n) is 2.35. The van der Waals surface area contributed by atoms with Crippen LogP contribution in [0.4, 0.5) is 0 Å². The average Bonchev–Trinajstić information content (AvgIpc) is 2.59. The first-order valence-corrected chi connectivity index (χ1v) is 6.75. The Bertz CT molecular complexity index is 466. The van der Waals surface area contributed by atoms with Gasteiger partial charge in [0.15, 0.2) is 5.03 Å². The number of aromatic nitrogens is 2. The molecule has 0 spiro atoms. The molecule has 0 saturated heterocycles. The van der Waals surface area contributed by atoms with Gasteiger partial charge in [0.1, 0.15) is 0 Å². The van der Waals surface area contributed by atoms with Gasteiger partial charge in [-0.25, -0.2) is 13.1 Å². The lowest BCUT2D eigenvalue weighted by Crippen LogP contribution is -2.32. The van der Waals surface area contributed by atoms with Gasteiger partial charge < -0.3 is 10.6 Å². The average molecular weight is 261 g/mol. The molecule has 1 rings (SSSR count). The van der Waals surface area contributed by atoms with E-state index in [4.69, 9.17) is 5.73 Å². The van der Waals surface area contributed by atoms with E-state index in [-0.39, 0.29) is 11.6 Å². The van der Waals surface area contributed by atoms with Crippen LogP contribution in [0.15, 0.2) is 5.03 Å². The van der Waals surface area contributed by atoms with Gasteiger partial charge in [0.25, 0.3) is 10.0 Å². The zero-order valence-electron chi connectivity index (χ0n) is 10.3. The number of H-pyrrole nitrogens is 1. The molecule has 7 nitrogen and oxygen atoms in total. The van der Waals surface area contributed by atoms with Crippen molar-refractivity contribution in [2.45, 2.75) is 18.5 Å². The largest absolute Gasteiger partial charge is 0.326 e. The van der Waals surface area contributed by atoms with Crippen molar-refractivity contribution in [3.8, 4) is 0 Å². The summed E-state index contributed by atoms with van der Waals surface area (Å²) in [7, 11) is 0.170. The lowest BCUT2D eigenvalue weighted by atomic mass is 10.3. The van der Waals surface area contributed by atoms with Crippen molar-refractivity contribution in [1.29, 1.82) is 0 Å². The van der Waals surface area contributed by atoms with Crippen LogP contribution >= 0.6 is 0 Å². The van der Waals surface area contributed by atoms with Gasteiger partial charge in [-0.1, -0.05) is 0 Å². The normalized spacial score (nSPS) is 12.3. The molecule has 0 atom stereocenters. The van der Waals surface area contributed by atoms with Gasteiger partial charge in [-0.3, -0.25) is 5.10 Å². The molecule has 4 N–H and O–H groups in total. The molecule has 1 aromatic heterocycles. The van der Waals surface area contributed by atoms with E-state index in [1.165, 1.54) is 0 Å². The number of hydrogen-bond donors (Lipinski definition) is 3. The molecular weight excluding hydrogens is 242 g/mol. The van der Waals surface area contributed by atoms with Crippen LogP contribution in [0, 0.1) is 6.92 Å². The standard InChI is InChI=1S/C9H19N5O2S/c1-7-8(6-10)9(13-12-7)17(15,16)11-4-5-14(2)3/h11H,4-6,10H2,1-3H3,(H,12,13). The van der Waals surface area contributed by atoms with Gasteiger partial charge in [-0.05, 0) is 21.0 Å². The zero-order chi connectivity index (χ0) is 13.1. The third-order valence-corrected chi connectivity index (χ3v) is 3.78. The van der Waals surface area contributed by atoms with Crippen LogP contribution in [0.3, 0.4) is 0 Å². The first-order valence-electron chi connectivity index (χ1n) is 5.26. The second kappa shape index (κ2) is 5.58. The van der Waals surface area contributed by atoms with Crippen molar-refractivity contribution in [3.05, 3.63) is 11.3 Å². The summed E-state index contributed by atoms with van der Waals surface area (Å²) < 4.78 is 26.4. The molecule has 8 heteroatoms. The number of hydrogen-bond acceptors (Lipinski definition) is 5. The zero-order valence-corrected chi connectivity index (χ0v) is 11.1. The van der Waals surface area contributed by atoms with E-state index >= 15 is 0 Å². The predicted molar refractivity (Wildman–Crippen MR) is 65.0 cm³/mol. The Hall–Kier alpha value is -0.960. The first-order chi connectivity index (χ1) is 7.88. The fourth-order valence-electron chi connectivity index (χ4n) is 1.36. The first kappa shape index (κ1) is 14.1. The van der Waals surface area contributed by atoms with Crippen molar-refractivity contribution in [1.82, 2.24) is 19.8 Å². The molecule has 0 amide bonds. The molecule has 0 aromatic carbocycles.